The highest BCUT2D eigenvalue weighted by Gasteiger charge is 2.15. The molecule has 0 fully saturated rings. The molecule has 0 spiro atoms. The molecule has 0 radical (unpaired) electrons. The topological polar surface area (TPSA) is 80.0 Å². The van der Waals surface area contributed by atoms with E-state index < -0.39 is 6.09 Å². The molecule has 0 saturated carbocycles. The molecule has 4 aromatic rings. The number of pyridine rings is 1. The van der Waals surface area contributed by atoms with Crippen LogP contribution in [0.25, 0.3) is 28.2 Å². The number of benzene rings is 2. The number of fused-ring (bicyclic) bond motifs is 1. The fourth-order valence-corrected chi connectivity index (χ4v) is 3.37. The Balaban J connectivity index is 1.73. The molecular formula is C23H22N4O2. The van der Waals surface area contributed by atoms with Crippen molar-refractivity contribution in [2.45, 2.75) is 19.8 Å². The molecule has 4 rings (SSSR count). The van der Waals surface area contributed by atoms with Crippen molar-refractivity contribution >= 4 is 17.3 Å². The Morgan fingerprint density at radius 2 is 1.76 bits per heavy atom. The van der Waals surface area contributed by atoms with Gasteiger partial charge in [-0.3, -0.25) is 4.57 Å². The zero-order valence-electron chi connectivity index (χ0n) is 16.2. The third-order valence-electron chi connectivity index (χ3n) is 4.92. The van der Waals surface area contributed by atoms with Crippen molar-refractivity contribution in [2.75, 3.05) is 6.54 Å². The predicted molar refractivity (Wildman–Crippen MR) is 113 cm³/mol. The average Bonchev–Trinajstić information content (AvgIpc) is 3.14. The van der Waals surface area contributed by atoms with Gasteiger partial charge in [0.15, 0.2) is 5.65 Å². The van der Waals surface area contributed by atoms with Crippen LogP contribution in [0, 0.1) is 0 Å². The van der Waals surface area contributed by atoms with Gasteiger partial charge >= 0.3 is 6.09 Å². The second-order valence-electron chi connectivity index (χ2n) is 6.82. The van der Waals surface area contributed by atoms with E-state index in [1.54, 1.807) is 6.20 Å². The highest BCUT2D eigenvalue weighted by molar-refractivity contribution is 5.80. The molecular weight excluding hydrogens is 364 g/mol. The van der Waals surface area contributed by atoms with Gasteiger partial charge in [-0.2, -0.15) is 0 Å². The predicted octanol–water partition coefficient (Wildman–Crippen LogP) is 4.46. The number of nitrogens with zero attached hydrogens (tertiary/aromatic N) is 3. The van der Waals surface area contributed by atoms with Gasteiger partial charge < -0.3 is 10.4 Å². The lowest BCUT2D eigenvalue weighted by atomic mass is 10.1. The number of hydrogen-bond acceptors (Lipinski definition) is 3. The number of carboxylic acid groups (broad SMARTS) is 1. The van der Waals surface area contributed by atoms with Crippen LogP contribution >= 0.6 is 0 Å². The van der Waals surface area contributed by atoms with Crippen LogP contribution in [0.2, 0.25) is 0 Å². The summed E-state index contributed by atoms with van der Waals surface area (Å²) < 4.78 is 2.07. The first-order valence-electron chi connectivity index (χ1n) is 9.64. The standard InChI is InChI=1S/C23H22N4O2/c1-2-16-5-9-18(10-6-16)21-26-20-4-3-14-24-22(20)27(21)19-11-7-17(8-12-19)13-15-25-23(28)29/h3-12,14,25H,2,13,15H2,1H3,(H,28,29). The molecule has 0 bridgehead atoms. The Morgan fingerprint density at radius 1 is 1.03 bits per heavy atom. The summed E-state index contributed by atoms with van der Waals surface area (Å²) in [5.74, 6) is 0.849. The van der Waals surface area contributed by atoms with Crippen molar-refractivity contribution in [1.29, 1.82) is 0 Å². The van der Waals surface area contributed by atoms with Crippen molar-refractivity contribution in [2.24, 2.45) is 0 Å². The Hall–Kier alpha value is -3.67. The summed E-state index contributed by atoms with van der Waals surface area (Å²) in [6.07, 6.45) is 2.41. The molecule has 2 aromatic carbocycles. The molecule has 2 N–H and O–H groups in total. The molecule has 6 nitrogen and oxygen atoms in total. The molecule has 2 aromatic heterocycles. The molecule has 6 heteroatoms. The molecule has 0 atom stereocenters. The minimum absolute atomic E-state index is 0.388. The highest BCUT2D eigenvalue weighted by atomic mass is 16.4. The van der Waals surface area contributed by atoms with E-state index in [2.05, 4.69) is 46.1 Å². The third-order valence-corrected chi connectivity index (χ3v) is 4.92. The Bertz CT molecular complexity index is 1130. The Labute approximate surface area is 168 Å². The summed E-state index contributed by atoms with van der Waals surface area (Å²) in [7, 11) is 0. The van der Waals surface area contributed by atoms with Crippen LogP contribution in [0.1, 0.15) is 18.1 Å². The minimum atomic E-state index is -1.00. The zero-order chi connectivity index (χ0) is 20.2. The number of amides is 1. The SMILES string of the molecule is CCc1ccc(-c2nc3cccnc3n2-c2ccc(CCNC(=O)O)cc2)cc1. The van der Waals surface area contributed by atoms with Crippen LogP contribution < -0.4 is 5.32 Å². The van der Waals surface area contributed by atoms with E-state index in [1.165, 1.54) is 5.56 Å². The maximum absolute atomic E-state index is 10.6. The van der Waals surface area contributed by atoms with Crippen molar-refractivity contribution < 1.29 is 9.90 Å². The van der Waals surface area contributed by atoms with Gasteiger partial charge in [0, 0.05) is 24.0 Å². The van der Waals surface area contributed by atoms with Gasteiger partial charge in [0.25, 0.3) is 0 Å². The molecule has 0 aliphatic carbocycles. The first-order valence-corrected chi connectivity index (χ1v) is 9.64. The van der Waals surface area contributed by atoms with Crippen molar-refractivity contribution in [3.8, 4) is 17.1 Å². The van der Waals surface area contributed by atoms with E-state index in [0.717, 1.165) is 40.2 Å². The van der Waals surface area contributed by atoms with Gasteiger partial charge in [-0.15, -0.1) is 0 Å². The van der Waals surface area contributed by atoms with Gasteiger partial charge in [0.05, 0.1) is 0 Å². The summed E-state index contributed by atoms with van der Waals surface area (Å²) in [5, 5.41) is 11.1. The van der Waals surface area contributed by atoms with E-state index in [9.17, 15) is 4.79 Å². The van der Waals surface area contributed by atoms with E-state index in [4.69, 9.17) is 10.1 Å². The molecule has 2 heterocycles. The second kappa shape index (κ2) is 8.14. The van der Waals surface area contributed by atoms with Crippen LogP contribution in [0.4, 0.5) is 4.79 Å². The first-order chi connectivity index (χ1) is 14.2. The van der Waals surface area contributed by atoms with Crippen LogP contribution in [0.3, 0.4) is 0 Å². The number of hydrogen-bond donors (Lipinski definition) is 2. The van der Waals surface area contributed by atoms with Gasteiger partial charge in [0.2, 0.25) is 0 Å². The fourth-order valence-electron chi connectivity index (χ4n) is 3.37. The van der Waals surface area contributed by atoms with E-state index in [0.29, 0.717) is 13.0 Å². The smallest absolute Gasteiger partial charge is 0.404 e. The Morgan fingerprint density at radius 3 is 2.45 bits per heavy atom. The summed E-state index contributed by atoms with van der Waals surface area (Å²) >= 11 is 0. The maximum Gasteiger partial charge on any atom is 0.404 e. The van der Waals surface area contributed by atoms with Gasteiger partial charge in [0.1, 0.15) is 11.3 Å². The highest BCUT2D eigenvalue weighted by Crippen LogP contribution is 2.28. The number of nitrogens with one attached hydrogen (secondary N) is 1. The van der Waals surface area contributed by atoms with E-state index in [1.807, 2.05) is 36.4 Å². The maximum atomic E-state index is 10.6. The number of rotatable bonds is 6. The first kappa shape index (κ1) is 18.7. The molecule has 1 amide bonds. The van der Waals surface area contributed by atoms with Crippen molar-refractivity contribution in [3.05, 3.63) is 78.0 Å². The van der Waals surface area contributed by atoms with Crippen LogP contribution in [-0.4, -0.2) is 32.3 Å². The summed E-state index contributed by atoms with van der Waals surface area (Å²) in [6.45, 7) is 2.53. The van der Waals surface area contributed by atoms with Crippen LogP contribution in [0.5, 0.6) is 0 Å². The summed E-state index contributed by atoms with van der Waals surface area (Å²) in [4.78, 5) is 20.0. The van der Waals surface area contributed by atoms with Gasteiger partial charge in [-0.05, 0) is 48.2 Å². The molecule has 0 saturated heterocycles. The lowest BCUT2D eigenvalue weighted by Crippen LogP contribution is -2.23. The van der Waals surface area contributed by atoms with Crippen LogP contribution in [-0.2, 0) is 12.8 Å². The van der Waals surface area contributed by atoms with Gasteiger partial charge in [-0.1, -0.05) is 43.3 Å². The molecule has 0 aliphatic rings. The fraction of sp³-hybridized carbons (Fsp3) is 0.174. The number of aromatic nitrogens is 3. The quantitative estimate of drug-likeness (QED) is 0.513. The molecule has 0 unspecified atom stereocenters. The zero-order valence-corrected chi connectivity index (χ0v) is 16.2. The molecule has 29 heavy (non-hydrogen) atoms. The normalized spacial score (nSPS) is 10.9. The average molecular weight is 386 g/mol. The lowest BCUT2D eigenvalue weighted by molar-refractivity contribution is 0.194. The molecule has 146 valence electrons. The monoisotopic (exact) mass is 386 g/mol. The summed E-state index contributed by atoms with van der Waals surface area (Å²) in [5.41, 5.74) is 6.01. The number of aryl methyl sites for hydroxylation is 1. The van der Waals surface area contributed by atoms with Crippen molar-refractivity contribution in [3.63, 3.8) is 0 Å². The van der Waals surface area contributed by atoms with E-state index in [-0.39, 0.29) is 0 Å². The summed E-state index contributed by atoms with van der Waals surface area (Å²) in [6, 6.07) is 20.4. The van der Waals surface area contributed by atoms with E-state index >= 15 is 0 Å². The van der Waals surface area contributed by atoms with Gasteiger partial charge in [-0.25, -0.2) is 14.8 Å². The minimum Gasteiger partial charge on any atom is -0.465 e. The lowest BCUT2D eigenvalue weighted by Gasteiger charge is -2.10. The third kappa shape index (κ3) is 3.96. The van der Waals surface area contributed by atoms with Crippen LogP contribution in [0.15, 0.2) is 66.9 Å². The largest absolute Gasteiger partial charge is 0.465 e. The Kier molecular flexibility index (Phi) is 5.24. The number of carbonyl (C=O) groups is 1. The van der Waals surface area contributed by atoms with Crippen molar-refractivity contribution in [1.82, 2.24) is 19.9 Å². The second-order valence-corrected chi connectivity index (χ2v) is 6.82. The number of imidazole rings is 1. The molecule has 0 aliphatic heterocycles.